The number of allylic oxidation sites excluding steroid dienone is 1. The molecule has 0 amide bonds. The van der Waals surface area contributed by atoms with Crippen molar-refractivity contribution >= 4 is 17.9 Å². The molecule has 7 nitrogen and oxygen atoms in total. The van der Waals surface area contributed by atoms with Crippen LogP contribution in [0.1, 0.15) is 58.8 Å². The van der Waals surface area contributed by atoms with Crippen molar-refractivity contribution in [3.05, 3.63) is 12.2 Å². The van der Waals surface area contributed by atoms with E-state index in [1.807, 2.05) is 0 Å². The summed E-state index contributed by atoms with van der Waals surface area (Å²) in [4.78, 5) is 37.4. The summed E-state index contributed by atoms with van der Waals surface area (Å²) < 4.78 is 0. The predicted octanol–water partition coefficient (Wildman–Crippen LogP) is 3.02. The van der Waals surface area contributed by atoms with Gasteiger partial charge in [-0.05, 0) is 63.2 Å². The van der Waals surface area contributed by atoms with Crippen molar-refractivity contribution in [2.24, 2.45) is 40.4 Å². The predicted molar refractivity (Wildman–Crippen MR) is 104 cm³/mol. The molecule has 0 radical (unpaired) electrons. The quantitative estimate of drug-likeness (QED) is 0.514. The molecule has 0 aromatic rings. The first-order valence-electron chi connectivity index (χ1n) is 10.6. The molecule has 3 aliphatic carbocycles. The molecule has 8 atom stereocenters. The van der Waals surface area contributed by atoms with Gasteiger partial charge in [-0.2, -0.15) is 0 Å². The Morgan fingerprint density at radius 3 is 2.28 bits per heavy atom. The van der Waals surface area contributed by atoms with E-state index in [0.717, 1.165) is 24.8 Å². The van der Waals surface area contributed by atoms with Crippen LogP contribution in [0, 0.1) is 40.4 Å². The van der Waals surface area contributed by atoms with Crippen molar-refractivity contribution in [2.45, 2.75) is 64.9 Å². The van der Waals surface area contributed by atoms with Gasteiger partial charge in [0.15, 0.2) is 0 Å². The van der Waals surface area contributed by atoms with Gasteiger partial charge < -0.3 is 20.4 Å². The second-order valence-electron chi connectivity index (χ2n) is 9.53. The zero-order valence-electron chi connectivity index (χ0n) is 17.1. The fourth-order valence-electron chi connectivity index (χ4n) is 7.05. The van der Waals surface area contributed by atoms with Gasteiger partial charge in [0, 0.05) is 5.92 Å². The minimum Gasteiger partial charge on any atom is -0.481 e. The number of carboxylic acid groups (broad SMARTS) is 3. The van der Waals surface area contributed by atoms with Crippen molar-refractivity contribution < 1.29 is 34.8 Å². The van der Waals surface area contributed by atoms with Crippen LogP contribution in [0.3, 0.4) is 0 Å². The number of carbonyl (C=O) groups is 3. The molecule has 0 aliphatic heterocycles. The third kappa shape index (κ3) is 2.92. The first-order chi connectivity index (χ1) is 13.5. The van der Waals surface area contributed by atoms with Crippen molar-refractivity contribution in [2.75, 3.05) is 0 Å². The summed E-state index contributed by atoms with van der Waals surface area (Å²) in [6.45, 7) is 7.60. The highest BCUT2D eigenvalue weighted by Crippen LogP contribution is 2.69. The average molecular weight is 408 g/mol. The lowest BCUT2D eigenvalue weighted by atomic mass is 9.51. The Hall–Kier alpha value is -1.89. The van der Waals surface area contributed by atoms with Gasteiger partial charge in [0.1, 0.15) is 0 Å². The van der Waals surface area contributed by atoms with Gasteiger partial charge in [-0.25, -0.2) is 0 Å². The second-order valence-corrected chi connectivity index (χ2v) is 9.53. The molecule has 0 saturated heterocycles. The molecule has 7 heteroatoms. The van der Waals surface area contributed by atoms with Crippen LogP contribution in [0.4, 0.5) is 0 Å². The molecular weight excluding hydrogens is 376 g/mol. The third-order valence-corrected chi connectivity index (χ3v) is 8.41. The zero-order chi connectivity index (χ0) is 21.7. The zero-order valence-corrected chi connectivity index (χ0v) is 17.1. The Labute approximate surface area is 170 Å². The lowest BCUT2D eigenvalue weighted by molar-refractivity contribution is -0.191. The molecule has 0 spiro atoms. The topological polar surface area (TPSA) is 132 Å². The maximum absolute atomic E-state index is 12.7. The summed E-state index contributed by atoms with van der Waals surface area (Å²) in [5, 5.41) is 41.1. The molecule has 3 aliphatic rings. The number of carboxylic acids is 3. The van der Waals surface area contributed by atoms with Crippen LogP contribution in [-0.2, 0) is 14.4 Å². The summed E-state index contributed by atoms with van der Waals surface area (Å²) in [6, 6.07) is 0. The Morgan fingerprint density at radius 2 is 1.76 bits per heavy atom. The van der Waals surface area contributed by atoms with Gasteiger partial charge in [-0.3, -0.25) is 14.4 Å². The maximum Gasteiger partial charge on any atom is 0.312 e. The van der Waals surface area contributed by atoms with Crippen LogP contribution in [0.5, 0.6) is 0 Å². The molecule has 0 bridgehead atoms. The highest BCUT2D eigenvalue weighted by molar-refractivity contribution is 5.85. The summed E-state index contributed by atoms with van der Waals surface area (Å²) in [7, 11) is 0. The fraction of sp³-hybridized carbons (Fsp3) is 0.773. The summed E-state index contributed by atoms with van der Waals surface area (Å²) in [5.41, 5.74) is -2.33. The molecule has 0 aromatic heterocycles. The van der Waals surface area contributed by atoms with Crippen molar-refractivity contribution in [3.63, 3.8) is 0 Å². The molecule has 3 fully saturated rings. The normalized spacial score (nSPS) is 44.4. The van der Waals surface area contributed by atoms with Crippen LogP contribution in [0.15, 0.2) is 12.2 Å². The Balaban J connectivity index is 2.19. The molecule has 3 saturated carbocycles. The molecule has 3 rings (SSSR count). The molecular formula is C22H32O7. The SMILES string of the molecule is C=C1CC2[C@@H](C(=O)O)[C@@H]3[C@](C)(C(=O)O)[C@@H](O)CC[C@@]3(C(=O)O)[C@@H]2CC[C@@H]1CCC. The minimum absolute atomic E-state index is 0.0422. The summed E-state index contributed by atoms with van der Waals surface area (Å²) >= 11 is 0. The second kappa shape index (κ2) is 7.42. The fourth-order valence-corrected chi connectivity index (χ4v) is 7.05. The molecule has 1 unspecified atom stereocenters. The van der Waals surface area contributed by atoms with E-state index < -0.39 is 58.5 Å². The number of rotatable bonds is 5. The number of hydrogen-bond donors (Lipinski definition) is 4. The summed E-state index contributed by atoms with van der Waals surface area (Å²) in [5.74, 6) is -6.60. The van der Waals surface area contributed by atoms with E-state index in [1.165, 1.54) is 6.92 Å². The van der Waals surface area contributed by atoms with E-state index in [0.29, 0.717) is 12.8 Å². The number of fused-ring (bicyclic) bond motifs is 3. The Morgan fingerprint density at radius 1 is 1.10 bits per heavy atom. The smallest absolute Gasteiger partial charge is 0.312 e. The molecule has 4 N–H and O–H groups in total. The van der Waals surface area contributed by atoms with Gasteiger partial charge in [0.05, 0.1) is 22.9 Å². The van der Waals surface area contributed by atoms with Crippen LogP contribution >= 0.6 is 0 Å². The standard InChI is InChI=1S/C22H32O7/c1-4-5-12-6-7-14-13(10-11(12)2)16(18(24)25)17-21(3,19(26)27)15(23)8-9-22(14,17)20(28)29/h12-17,23H,2,4-10H2,1,3H3,(H,24,25)(H,26,27)(H,28,29)/t12-,13?,14+,15-,16+,17+,21+,22+/m0/s1. The van der Waals surface area contributed by atoms with Crippen molar-refractivity contribution in [1.82, 2.24) is 0 Å². The van der Waals surface area contributed by atoms with Crippen LogP contribution in [-0.4, -0.2) is 44.4 Å². The average Bonchev–Trinajstić information content (AvgIpc) is 2.83. The lowest BCUT2D eigenvalue weighted by Crippen LogP contribution is -2.60. The maximum atomic E-state index is 12.7. The number of aliphatic carboxylic acids is 3. The number of aliphatic hydroxyl groups excluding tert-OH is 1. The molecule has 0 heterocycles. The van der Waals surface area contributed by atoms with Crippen LogP contribution in [0.25, 0.3) is 0 Å². The van der Waals surface area contributed by atoms with E-state index in [2.05, 4.69) is 13.5 Å². The first-order valence-corrected chi connectivity index (χ1v) is 10.6. The first kappa shape index (κ1) is 21.8. The Kier molecular flexibility index (Phi) is 5.58. The van der Waals surface area contributed by atoms with E-state index in [1.54, 1.807) is 0 Å². The van der Waals surface area contributed by atoms with Crippen LogP contribution in [0.2, 0.25) is 0 Å². The highest BCUT2D eigenvalue weighted by Gasteiger charge is 2.74. The van der Waals surface area contributed by atoms with Crippen molar-refractivity contribution in [1.29, 1.82) is 0 Å². The van der Waals surface area contributed by atoms with E-state index >= 15 is 0 Å². The molecule has 29 heavy (non-hydrogen) atoms. The lowest BCUT2D eigenvalue weighted by Gasteiger charge is -2.51. The minimum atomic E-state index is -1.82. The van der Waals surface area contributed by atoms with E-state index in [4.69, 9.17) is 0 Å². The van der Waals surface area contributed by atoms with Gasteiger partial charge >= 0.3 is 17.9 Å². The highest BCUT2D eigenvalue weighted by atomic mass is 16.4. The Bertz CT molecular complexity index is 731. The van der Waals surface area contributed by atoms with Crippen molar-refractivity contribution in [3.8, 4) is 0 Å². The third-order valence-electron chi connectivity index (χ3n) is 8.41. The number of hydrogen-bond acceptors (Lipinski definition) is 4. The van der Waals surface area contributed by atoms with Gasteiger partial charge in [-0.1, -0.05) is 25.5 Å². The van der Waals surface area contributed by atoms with E-state index in [-0.39, 0.29) is 18.8 Å². The van der Waals surface area contributed by atoms with Gasteiger partial charge in [0.2, 0.25) is 0 Å². The molecule has 0 aromatic carbocycles. The van der Waals surface area contributed by atoms with Gasteiger partial charge in [-0.15, -0.1) is 0 Å². The van der Waals surface area contributed by atoms with E-state index in [9.17, 15) is 34.8 Å². The largest absolute Gasteiger partial charge is 0.481 e. The van der Waals surface area contributed by atoms with Gasteiger partial charge in [0.25, 0.3) is 0 Å². The molecule has 162 valence electrons. The summed E-state index contributed by atoms with van der Waals surface area (Å²) in [6.07, 6.45) is 2.47. The monoisotopic (exact) mass is 408 g/mol. The number of aliphatic hydroxyl groups is 1. The van der Waals surface area contributed by atoms with Crippen LogP contribution < -0.4 is 0 Å².